The van der Waals surface area contributed by atoms with Crippen LogP contribution in [0.1, 0.15) is 16.7 Å². The van der Waals surface area contributed by atoms with E-state index in [2.05, 4.69) is 6.58 Å². The van der Waals surface area contributed by atoms with E-state index in [9.17, 15) is 8.42 Å². The zero-order valence-corrected chi connectivity index (χ0v) is 11.4. The second-order valence-electron chi connectivity index (χ2n) is 4.39. The van der Waals surface area contributed by atoms with Gasteiger partial charge in [-0.3, -0.25) is 0 Å². The molecule has 2 aromatic carbocycles. The van der Waals surface area contributed by atoms with Crippen LogP contribution in [-0.2, 0) is 10.0 Å². The molecule has 0 saturated carbocycles. The Kier molecular flexibility index (Phi) is 3.55. The number of aryl methyl sites for hydroxylation is 1. The normalized spacial score (nSPS) is 11.3. The lowest BCUT2D eigenvalue weighted by atomic mass is 9.99. The van der Waals surface area contributed by atoms with Crippen molar-refractivity contribution in [3.63, 3.8) is 0 Å². The number of primary sulfonamides is 1. The maximum atomic E-state index is 11.7. The van der Waals surface area contributed by atoms with Crippen molar-refractivity contribution >= 4 is 15.6 Å². The molecule has 2 aromatic rings. The van der Waals surface area contributed by atoms with Gasteiger partial charge < -0.3 is 0 Å². The van der Waals surface area contributed by atoms with Crippen LogP contribution in [0.5, 0.6) is 0 Å². The van der Waals surface area contributed by atoms with E-state index in [1.807, 2.05) is 43.3 Å². The number of nitrogens with two attached hydrogens (primary N) is 1. The number of sulfonamides is 1. The molecule has 2 rings (SSSR count). The lowest BCUT2D eigenvalue weighted by Gasteiger charge is -2.11. The Labute approximate surface area is 113 Å². The third kappa shape index (κ3) is 2.92. The molecule has 2 N–H and O–H groups in total. The van der Waals surface area contributed by atoms with Crippen LogP contribution in [0.2, 0.25) is 0 Å². The molecule has 0 atom stereocenters. The van der Waals surface area contributed by atoms with Crippen molar-refractivity contribution in [2.75, 3.05) is 0 Å². The highest BCUT2D eigenvalue weighted by atomic mass is 32.2. The van der Waals surface area contributed by atoms with Gasteiger partial charge in [0.05, 0.1) is 4.90 Å². The van der Waals surface area contributed by atoms with Gasteiger partial charge in [-0.1, -0.05) is 49.0 Å². The van der Waals surface area contributed by atoms with Gasteiger partial charge in [0.2, 0.25) is 10.0 Å². The summed E-state index contributed by atoms with van der Waals surface area (Å²) in [5.41, 5.74) is 2.90. The smallest absolute Gasteiger partial charge is 0.225 e. The Morgan fingerprint density at radius 2 is 1.74 bits per heavy atom. The SMILES string of the molecule is C=C(c1ccccc1)c1ccc(C)cc1S(N)(=O)=O. The maximum absolute atomic E-state index is 11.7. The summed E-state index contributed by atoms with van der Waals surface area (Å²) in [7, 11) is -3.77. The highest BCUT2D eigenvalue weighted by Crippen LogP contribution is 2.27. The average Bonchev–Trinajstić information content (AvgIpc) is 2.38. The fourth-order valence-electron chi connectivity index (χ4n) is 1.91. The van der Waals surface area contributed by atoms with Gasteiger partial charge in [-0.15, -0.1) is 0 Å². The summed E-state index contributed by atoms with van der Waals surface area (Å²) in [6.45, 7) is 5.80. The molecular formula is C15H15NO2S. The molecule has 0 spiro atoms. The molecule has 4 heteroatoms. The molecule has 0 saturated heterocycles. The summed E-state index contributed by atoms with van der Waals surface area (Å²) in [5, 5.41) is 5.27. The predicted octanol–water partition coefficient (Wildman–Crippen LogP) is 2.70. The van der Waals surface area contributed by atoms with E-state index in [1.54, 1.807) is 12.1 Å². The van der Waals surface area contributed by atoms with E-state index in [-0.39, 0.29) is 4.90 Å². The van der Waals surface area contributed by atoms with E-state index >= 15 is 0 Å². The fourth-order valence-corrected chi connectivity index (χ4v) is 2.76. The minimum atomic E-state index is -3.77. The highest BCUT2D eigenvalue weighted by Gasteiger charge is 2.16. The molecule has 98 valence electrons. The summed E-state index contributed by atoms with van der Waals surface area (Å²) in [6.07, 6.45) is 0. The third-order valence-electron chi connectivity index (χ3n) is 2.89. The zero-order valence-electron chi connectivity index (χ0n) is 10.6. The van der Waals surface area contributed by atoms with Gasteiger partial charge in [-0.25, -0.2) is 13.6 Å². The molecule has 19 heavy (non-hydrogen) atoms. The molecule has 3 nitrogen and oxygen atoms in total. The van der Waals surface area contributed by atoms with E-state index in [4.69, 9.17) is 5.14 Å². The van der Waals surface area contributed by atoms with E-state index in [0.29, 0.717) is 11.1 Å². The van der Waals surface area contributed by atoms with E-state index in [0.717, 1.165) is 11.1 Å². The third-order valence-corrected chi connectivity index (χ3v) is 3.84. The monoisotopic (exact) mass is 273 g/mol. The zero-order chi connectivity index (χ0) is 14.0. The minimum absolute atomic E-state index is 0.112. The molecule has 0 fully saturated rings. The number of benzene rings is 2. The van der Waals surface area contributed by atoms with Gasteiger partial charge in [-0.2, -0.15) is 0 Å². The van der Waals surface area contributed by atoms with Crippen LogP contribution in [0, 0.1) is 6.92 Å². The van der Waals surface area contributed by atoms with Gasteiger partial charge in [0, 0.05) is 5.56 Å². The highest BCUT2D eigenvalue weighted by molar-refractivity contribution is 7.89. The van der Waals surface area contributed by atoms with Crippen molar-refractivity contribution in [1.29, 1.82) is 0 Å². The molecule has 0 radical (unpaired) electrons. The summed E-state index contributed by atoms with van der Waals surface area (Å²) < 4.78 is 23.4. The van der Waals surface area contributed by atoms with Crippen LogP contribution < -0.4 is 5.14 Å². The lowest BCUT2D eigenvalue weighted by Crippen LogP contribution is -2.14. The first-order chi connectivity index (χ1) is 8.89. The molecule has 0 bridgehead atoms. The van der Waals surface area contributed by atoms with Crippen molar-refractivity contribution in [2.45, 2.75) is 11.8 Å². The topological polar surface area (TPSA) is 60.2 Å². The van der Waals surface area contributed by atoms with Crippen LogP contribution >= 0.6 is 0 Å². The van der Waals surface area contributed by atoms with Crippen molar-refractivity contribution in [3.8, 4) is 0 Å². The van der Waals surface area contributed by atoms with Crippen LogP contribution in [0.4, 0.5) is 0 Å². The van der Waals surface area contributed by atoms with Gasteiger partial charge in [-0.05, 0) is 29.7 Å². The second-order valence-corrected chi connectivity index (χ2v) is 5.92. The van der Waals surface area contributed by atoms with Crippen molar-refractivity contribution in [2.24, 2.45) is 5.14 Å². The lowest BCUT2D eigenvalue weighted by molar-refractivity contribution is 0.597. The molecule has 0 amide bonds. The Balaban J connectivity index is 2.61. The first-order valence-electron chi connectivity index (χ1n) is 5.78. The number of rotatable bonds is 3. The largest absolute Gasteiger partial charge is 0.238 e. The minimum Gasteiger partial charge on any atom is -0.225 e. The van der Waals surface area contributed by atoms with Gasteiger partial charge >= 0.3 is 0 Å². The first kappa shape index (κ1) is 13.5. The molecule has 0 aliphatic carbocycles. The Morgan fingerprint density at radius 3 is 2.32 bits per heavy atom. The number of hydrogen-bond donors (Lipinski definition) is 1. The van der Waals surface area contributed by atoms with Crippen molar-refractivity contribution < 1.29 is 8.42 Å². The van der Waals surface area contributed by atoms with Crippen LogP contribution in [0.25, 0.3) is 5.57 Å². The Hall–Kier alpha value is -1.91. The average molecular weight is 273 g/mol. The van der Waals surface area contributed by atoms with Crippen LogP contribution in [0.3, 0.4) is 0 Å². The quantitative estimate of drug-likeness (QED) is 0.934. The molecule has 0 aliphatic rings. The summed E-state index contributed by atoms with van der Waals surface area (Å²) in [5.74, 6) is 0. The molecular weight excluding hydrogens is 258 g/mol. The standard InChI is InChI=1S/C15H15NO2S/c1-11-8-9-14(15(10-11)19(16,17)18)12(2)13-6-4-3-5-7-13/h3-10H,2H2,1H3,(H2,16,17,18). The summed E-state index contributed by atoms with van der Waals surface area (Å²) >= 11 is 0. The second kappa shape index (κ2) is 4.99. The van der Waals surface area contributed by atoms with Gasteiger partial charge in [0.1, 0.15) is 0 Å². The first-order valence-corrected chi connectivity index (χ1v) is 7.32. The predicted molar refractivity (Wildman–Crippen MR) is 77.1 cm³/mol. The van der Waals surface area contributed by atoms with E-state index < -0.39 is 10.0 Å². The van der Waals surface area contributed by atoms with Gasteiger partial charge in [0.25, 0.3) is 0 Å². The molecule has 0 aromatic heterocycles. The maximum Gasteiger partial charge on any atom is 0.238 e. The van der Waals surface area contributed by atoms with Crippen LogP contribution in [0.15, 0.2) is 60.0 Å². The van der Waals surface area contributed by atoms with Crippen molar-refractivity contribution in [1.82, 2.24) is 0 Å². The molecule has 0 aliphatic heterocycles. The Morgan fingerprint density at radius 1 is 1.11 bits per heavy atom. The molecule has 0 heterocycles. The number of hydrogen-bond acceptors (Lipinski definition) is 2. The fraction of sp³-hybridized carbons (Fsp3) is 0.0667. The van der Waals surface area contributed by atoms with E-state index in [1.165, 1.54) is 0 Å². The molecule has 0 unspecified atom stereocenters. The van der Waals surface area contributed by atoms with Crippen molar-refractivity contribution in [3.05, 3.63) is 71.8 Å². The Bertz CT molecular complexity index is 719. The van der Waals surface area contributed by atoms with Gasteiger partial charge in [0.15, 0.2) is 0 Å². The summed E-state index contributed by atoms with van der Waals surface area (Å²) in [6, 6.07) is 14.6. The summed E-state index contributed by atoms with van der Waals surface area (Å²) in [4.78, 5) is 0.112. The van der Waals surface area contributed by atoms with Crippen LogP contribution in [-0.4, -0.2) is 8.42 Å².